The quantitative estimate of drug-likeness (QED) is 0.158. The summed E-state index contributed by atoms with van der Waals surface area (Å²) in [5.41, 5.74) is 1.25. The second kappa shape index (κ2) is 12.0. The van der Waals surface area contributed by atoms with E-state index in [1.165, 1.54) is 15.9 Å². The Morgan fingerprint density at radius 2 is 1.37 bits per heavy atom. The number of allylic oxidation sites excluding steroid dienone is 1. The maximum absolute atomic E-state index is 6.99. The molecule has 0 bridgehead atoms. The first-order valence-electron chi connectivity index (χ1n) is 13.1. The van der Waals surface area contributed by atoms with Crippen molar-refractivity contribution in [2.75, 3.05) is 6.61 Å². The Hall–Kier alpha value is -2.46. The normalized spacial score (nSPS) is 18.1. The van der Waals surface area contributed by atoms with Crippen molar-refractivity contribution in [3.8, 4) is 0 Å². The molecule has 0 aliphatic heterocycles. The number of rotatable bonds is 12. The number of hydrogen-bond donors (Lipinski definition) is 0. The molecule has 3 heteroatoms. The molecule has 0 spiro atoms. The van der Waals surface area contributed by atoms with E-state index in [2.05, 4.69) is 118 Å². The Labute approximate surface area is 213 Å². The lowest BCUT2D eigenvalue weighted by Gasteiger charge is -2.43. The molecule has 0 saturated heterocycles. The molecule has 0 N–H and O–H groups in total. The van der Waals surface area contributed by atoms with Gasteiger partial charge in [-0.25, -0.2) is 0 Å². The van der Waals surface area contributed by atoms with Crippen molar-refractivity contribution in [3.63, 3.8) is 0 Å². The molecule has 1 fully saturated rings. The van der Waals surface area contributed by atoms with Gasteiger partial charge in [0.1, 0.15) is 0 Å². The molecular weight excluding hydrogens is 444 g/mol. The Morgan fingerprint density at radius 1 is 0.800 bits per heavy atom. The first-order chi connectivity index (χ1) is 17.0. The van der Waals surface area contributed by atoms with Gasteiger partial charge in [0.15, 0.2) is 0 Å². The molecule has 0 radical (unpaired) electrons. The smallest absolute Gasteiger partial charge is 0.261 e. The maximum atomic E-state index is 6.99. The van der Waals surface area contributed by atoms with Crippen LogP contribution in [0.5, 0.6) is 0 Å². The van der Waals surface area contributed by atoms with Crippen molar-refractivity contribution in [1.29, 1.82) is 0 Å². The van der Waals surface area contributed by atoms with Gasteiger partial charge in [-0.2, -0.15) is 0 Å². The third-order valence-corrected chi connectivity index (χ3v) is 12.0. The van der Waals surface area contributed by atoms with Crippen LogP contribution in [0.25, 0.3) is 0 Å². The van der Waals surface area contributed by atoms with Gasteiger partial charge in [-0.1, -0.05) is 124 Å². The van der Waals surface area contributed by atoms with E-state index in [9.17, 15) is 0 Å². The predicted octanol–water partition coefficient (Wildman–Crippen LogP) is 6.89. The Morgan fingerprint density at radius 3 is 1.94 bits per heavy atom. The van der Waals surface area contributed by atoms with Gasteiger partial charge in [0.2, 0.25) is 0 Å². The summed E-state index contributed by atoms with van der Waals surface area (Å²) in [7, 11) is -2.41. The fourth-order valence-corrected chi connectivity index (χ4v) is 9.59. The van der Waals surface area contributed by atoms with E-state index in [1.807, 2.05) is 6.07 Å². The molecule has 2 atom stereocenters. The Kier molecular flexibility index (Phi) is 8.77. The van der Waals surface area contributed by atoms with Crippen molar-refractivity contribution in [1.82, 2.24) is 0 Å². The number of benzene rings is 3. The van der Waals surface area contributed by atoms with Crippen molar-refractivity contribution >= 4 is 18.7 Å². The van der Waals surface area contributed by atoms with Gasteiger partial charge in [0.05, 0.1) is 12.7 Å². The van der Waals surface area contributed by atoms with Crippen molar-refractivity contribution in [2.45, 2.75) is 64.2 Å². The third kappa shape index (κ3) is 6.61. The van der Waals surface area contributed by atoms with E-state index in [-0.39, 0.29) is 5.04 Å². The molecule has 0 heterocycles. The zero-order chi connectivity index (χ0) is 24.6. The summed E-state index contributed by atoms with van der Waals surface area (Å²) >= 11 is 0. The molecule has 1 aliphatic carbocycles. The topological polar surface area (TPSA) is 18.5 Å². The second-order valence-electron chi connectivity index (χ2n) is 10.7. The lowest BCUT2D eigenvalue weighted by Crippen LogP contribution is -2.66. The first kappa shape index (κ1) is 25.6. The molecule has 2 nitrogen and oxygen atoms in total. The molecule has 4 rings (SSSR count). The fraction of sp³-hybridized carbons (Fsp3) is 0.375. The molecule has 0 aromatic heterocycles. The lowest BCUT2D eigenvalue weighted by molar-refractivity contribution is 0.0995. The van der Waals surface area contributed by atoms with Gasteiger partial charge in [-0.3, -0.25) is 0 Å². The van der Waals surface area contributed by atoms with E-state index >= 15 is 0 Å². The van der Waals surface area contributed by atoms with E-state index in [0.717, 1.165) is 38.9 Å². The predicted molar refractivity (Wildman–Crippen MR) is 150 cm³/mol. The highest BCUT2D eigenvalue weighted by molar-refractivity contribution is 6.99. The summed E-state index contributed by atoms with van der Waals surface area (Å²) in [6.07, 6.45) is 9.58. The average molecular weight is 485 g/mol. The van der Waals surface area contributed by atoms with Crippen molar-refractivity contribution in [2.24, 2.45) is 5.92 Å². The summed E-state index contributed by atoms with van der Waals surface area (Å²) < 4.78 is 13.0. The lowest BCUT2D eigenvalue weighted by atomic mass is 10.2. The summed E-state index contributed by atoms with van der Waals surface area (Å²) in [6, 6.07) is 32.3. The van der Waals surface area contributed by atoms with Gasteiger partial charge in [0.25, 0.3) is 8.32 Å². The van der Waals surface area contributed by atoms with E-state index in [1.54, 1.807) is 0 Å². The van der Waals surface area contributed by atoms with E-state index in [0.29, 0.717) is 12.0 Å². The zero-order valence-electron chi connectivity index (χ0n) is 21.5. The molecule has 3 aromatic carbocycles. The highest BCUT2D eigenvalue weighted by atomic mass is 28.4. The van der Waals surface area contributed by atoms with Crippen molar-refractivity contribution in [3.05, 3.63) is 109 Å². The first-order valence-corrected chi connectivity index (χ1v) is 15.0. The monoisotopic (exact) mass is 484 g/mol. The third-order valence-electron chi connectivity index (χ3n) is 6.97. The molecule has 3 aromatic rings. The van der Waals surface area contributed by atoms with Crippen LogP contribution in [0.2, 0.25) is 5.04 Å². The zero-order valence-corrected chi connectivity index (χ0v) is 22.5. The Bertz CT molecular complexity index is 1000. The summed E-state index contributed by atoms with van der Waals surface area (Å²) in [6.45, 7) is 8.54. The van der Waals surface area contributed by atoms with Gasteiger partial charge in [-0.15, -0.1) is 0 Å². The van der Waals surface area contributed by atoms with Crippen LogP contribution in [-0.4, -0.2) is 21.0 Å². The van der Waals surface area contributed by atoms with Crippen LogP contribution in [0.3, 0.4) is 0 Å². The summed E-state index contributed by atoms with van der Waals surface area (Å²) in [5.74, 6) is 0.590. The van der Waals surface area contributed by atoms with Crippen LogP contribution in [0.1, 0.15) is 52.0 Å². The van der Waals surface area contributed by atoms with Crippen LogP contribution >= 0.6 is 0 Å². The molecule has 35 heavy (non-hydrogen) atoms. The van der Waals surface area contributed by atoms with Gasteiger partial charge in [0, 0.05) is 12.5 Å². The van der Waals surface area contributed by atoms with Crippen LogP contribution in [0, 0.1) is 5.92 Å². The van der Waals surface area contributed by atoms with E-state index < -0.39 is 8.32 Å². The van der Waals surface area contributed by atoms with Crippen LogP contribution in [0.15, 0.2) is 103 Å². The molecule has 1 unspecified atom stereocenters. The second-order valence-corrected chi connectivity index (χ2v) is 15.0. The fourth-order valence-electron chi connectivity index (χ4n) is 4.98. The van der Waals surface area contributed by atoms with Gasteiger partial charge in [-0.05, 0) is 46.7 Å². The van der Waals surface area contributed by atoms with Crippen LogP contribution in [0.4, 0.5) is 0 Å². The van der Waals surface area contributed by atoms with Gasteiger partial charge >= 0.3 is 0 Å². The highest BCUT2D eigenvalue weighted by Crippen LogP contribution is 2.37. The SMILES string of the molecule is CC(C)(C)[Si](OCCCC/C=C/[C@H]1CC1OCc1ccccc1)(c1ccccc1)c1ccccc1. The number of hydrogen-bond acceptors (Lipinski definition) is 2. The standard InChI is InChI=1S/C32H40O2Si/c1-32(2,3)35(29-20-12-7-13-21-29,30-22-14-8-15-23-30)34-24-16-5-4-11-19-28-25-31(28)33-26-27-17-9-6-10-18-27/h6-15,17-23,28,31H,4-5,16,24-26H2,1-3H3/b19-11+/t28-,31?/m0/s1. The minimum atomic E-state index is -2.41. The highest BCUT2D eigenvalue weighted by Gasteiger charge is 2.49. The van der Waals surface area contributed by atoms with Gasteiger partial charge < -0.3 is 9.16 Å². The molecule has 184 valence electrons. The van der Waals surface area contributed by atoms with E-state index in [4.69, 9.17) is 9.16 Å². The average Bonchev–Trinajstić information content (AvgIpc) is 3.63. The van der Waals surface area contributed by atoms with Crippen molar-refractivity contribution < 1.29 is 9.16 Å². The largest absolute Gasteiger partial charge is 0.407 e. The van der Waals surface area contributed by atoms with Crippen LogP contribution < -0.4 is 10.4 Å². The molecule has 1 aliphatic rings. The molecular formula is C32H40O2Si. The summed E-state index contributed by atoms with van der Waals surface area (Å²) in [5, 5.41) is 2.75. The minimum absolute atomic E-state index is 0.0380. The number of ether oxygens (including phenoxy) is 1. The van der Waals surface area contributed by atoms with Crippen LogP contribution in [-0.2, 0) is 15.8 Å². The minimum Gasteiger partial charge on any atom is -0.407 e. The molecule has 1 saturated carbocycles. The maximum Gasteiger partial charge on any atom is 0.261 e. The number of unbranched alkanes of at least 4 members (excludes halogenated alkanes) is 2. The summed E-state index contributed by atoms with van der Waals surface area (Å²) in [4.78, 5) is 0. The molecule has 0 amide bonds. The Balaban J connectivity index is 1.27.